The fraction of sp³-hybridized carbons (Fsp3) is 0.120. The molecule has 0 bridgehead atoms. The summed E-state index contributed by atoms with van der Waals surface area (Å²) in [4.78, 5) is 24.9. The molecule has 3 aromatic carbocycles. The van der Waals surface area contributed by atoms with Gasteiger partial charge in [-0.15, -0.1) is 11.6 Å². The molecule has 1 atom stereocenters. The van der Waals surface area contributed by atoms with E-state index in [1.165, 1.54) is 11.8 Å². The van der Waals surface area contributed by atoms with E-state index in [0.717, 1.165) is 16.4 Å². The van der Waals surface area contributed by atoms with Crippen LogP contribution in [0.2, 0.25) is 0 Å². The molecule has 7 nitrogen and oxygen atoms in total. The Morgan fingerprint density at radius 2 is 1.60 bits per heavy atom. The number of alkyl halides is 1. The molecule has 0 saturated carbocycles. The second-order valence-corrected chi connectivity index (χ2v) is 9.78. The van der Waals surface area contributed by atoms with Crippen LogP contribution in [0.25, 0.3) is 0 Å². The SMILES string of the molecule is CN(C(=S)SCC1(Cl)C(=O)N(c2ccccc2)N=C1C=O)c1ccc(N=Nc2ccccc2)cc1. The highest BCUT2D eigenvalue weighted by Crippen LogP contribution is 2.35. The van der Waals surface area contributed by atoms with Crippen molar-refractivity contribution in [3.63, 3.8) is 0 Å². The number of hydrazone groups is 1. The molecule has 1 amide bonds. The summed E-state index contributed by atoms with van der Waals surface area (Å²) in [6.45, 7) is 0. The average Bonchev–Trinajstić information content (AvgIpc) is 3.17. The Labute approximate surface area is 217 Å². The number of halogens is 1. The first kappa shape index (κ1) is 24.7. The summed E-state index contributed by atoms with van der Waals surface area (Å²) in [5.74, 6) is -0.431. The molecule has 35 heavy (non-hydrogen) atoms. The van der Waals surface area contributed by atoms with Crippen LogP contribution in [-0.2, 0) is 9.59 Å². The van der Waals surface area contributed by atoms with E-state index in [1.807, 2.05) is 67.7 Å². The van der Waals surface area contributed by atoms with Gasteiger partial charge in [0.15, 0.2) is 11.2 Å². The number of para-hydroxylation sites is 1. The van der Waals surface area contributed by atoms with Gasteiger partial charge in [-0.2, -0.15) is 20.3 Å². The van der Waals surface area contributed by atoms with E-state index in [2.05, 4.69) is 15.3 Å². The zero-order chi connectivity index (χ0) is 24.8. The Balaban J connectivity index is 1.40. The van der Waals surface area contributed by atoms with Crippen molar-refractivity contribution in [3.05, 3.63) is 84.9 Å². The summed E-state index contributed by atoms with van der Waals surface area (Å²) in [7, 11) is 1.82. The predicted molar refractivity (Wildman–Crippen MR) is 147 cm³/mol. The highest BCUT2D eigenvalue weighted by molar-refractivity contribution is 8.23. The molecule has 0 saturated heterocycles. The molecule has 4 rings (SSSR count). The Morgan fingerprint density at radius 1 is 1.03 bits per heavy atom. The van der Waals surface area contributed by atoms with E-state index in [1.54, 1.807) is 29.2 Å². The number of aldehydes is 1. The Hall–Kier alpha value is -3.40. The lowest BCUT2D eigenvalue weighted by molar-refractivity contribution is -0.118. The van der Waals surface area contributed by atoms with Crippen LogP contribution in [0.4, 0.5) is 22.7 Å². The van der Waals surface area contributed by atoms with E-state index in [4.69, 9.17) is 23.8 Å². The third kappa shape index (κ3) is 5.48. The lowest BCUT2D eigenvalue weighted by Gasteiger charge is -2.24. The first-order chi connectivity index (χ1) is 16.9. The van der Waals surface area contributed by atoms with Gasteiger partial charge in [-0.25, -0.2) is 0 Å². The van der Waals surface area contributed by atoms with E-state index in [9.17, 15) is 9.59 Å². The molecule has 0 aromatic heterocycles. The summed E-state index contributed by atoms with van der Waals surface area (Å²) in [5.41, 5.74) is 2.80. The third-order valence-electron chi connectivity index (χ3n) is 5.20. The van der Waals surface area contributed by atoms with Crippen LogP contribution in [0.1, 0.15) is 0 Å². The Morgan fingerprint density at radius 3 is 2.20 bits per heavy atom. The molecule has 176 valence electrons. The summed E-state index contributed by atoms with van der Waals surface area (Å²) < 4.78 is 0.486. The van der Waals surface area contributed by atoms with Crippen LogP contribution in [-0.4, -0.2) is 39.9 Å². The maximum atomic E-state index is 13.1. The van der Waals surface area contributed by atoms with Gasteiger partial charge >= 0.3 is 0 Å². The van der Waals surface area contributed by atoms with Crippen molar-refractivity contribution in [1.82, 2.24) is 0 Å². The standard InChI is InChI=1S/C25H20ClN5O2S2/c1-30(20-14-12-19(13-15-20)28-27-18-8-4-2-5-9-18)24(34)35-17-25(26)22(16-32)29-31(23(25)33)21-10-6-3-7-11-21/h2-16H,17H2,1H3. The van der Waals surface area contributed by atoms with E-state index in [-0.39, 0.29) is 11.5 Å². The summed E-state index contributed by atoms with van der Waals surface area (Å²) >= 11 is 13.4. The molecule has 1 unspecified atom stereocenters. The van der Waals surface area contributed by atoms with Crippen LogP contribution < -0.4 is 9.91 Å². The number of nitrogens with zero attached hydrogens (tertiary/aromatic N) is 5. The van der Waals surface area contributed by atoms with Crippen molar-refractivity contribution in [3.8, 4) is 0 Å². The highest BCUT2D eigenvalue weighted by atomic mass is 35.5. The molecule has 0 radical (unpaired) electrons. The molecule has 0 N–H and O–H groups in total. The number of carbonyl (C=O) groups is 2. The van der Waals surface area contributed by atoms with Crippen molar-refractivity contribution >= 4 is 80.6 Å². The fourth-order valence-electron chi connectivity index (χ4n) is 3.22. The van der Waals surface area contributed by atoms with Crippen molar-refractivity contribution < 1.29 is 9.59 Å². The number of anilines is 2. The number of hydrogen-bond acceptors (Lipinski definition) is 7. The van der Waals surface area contributed by atoms with Gasteiger partial charge in [0.1, 0.15) is 10.0 Å². The molecular formula is C25H20ClN5O2S2. The number of thiocarbonyl (C=S) groups is 1. The number of thioether (sulfide) groups is 1. The minimum absolute atomic E-state index is 0.0425. The van der Waals surface area contributed by atoms with Crippen LogP contribution in [0.15, 0.2) is 100 Å². The molecule has 3 aromatic rings. The minimum atomic E-state index is -1.60. The molecule has 1 heterocycles. The van der Waals surface area contributed by atoms with Gasteiger partial charge in [0.05, 0.1) is 17.1 Å². The third-order valence-corrected chi connectivity index (χ3v) is 7.57. The van der Waals surface area contributed by atoms with E-state index < -0.39 is 10.8 Å². The van der Waals surface area contributed by atoms with Gasteiger partial charge < -0.3 is 4.90 Å². The van der Waals surface area contributed by atoms with E-state index in [0.29, 0.717) is 22.0 Å². The smallest absolute Gasteiger partial charge is 0.275 e. The summed E-state index contributed by atoms with van der Waals surface area (Å²) in [6, 6.07) is 25.7. The number of benzene rings is 3. The van der Waals surface area contributed by atoms with Crippen molar-refractivity contribution in [1.29, 1.82) is 0 Å². The molecule has 10 heteroatoms. The van der Waals surface area contributed by atoms with Crippen molar-refractivity contribution in [2.45, 2.75) is 4.87 Å². The van der Waals surface area contributed by atoms with Gasteiger partial charge in [0, 0.05) is 18.5 Å². The van der Waals surface area contributed by atoms with Crippen LogP contribution in [0.3, 0.4) is 0 Å². The highest BCUT2D eigenvalue weighted by Gasteiger charge is 2.50. The monoisotopic (exact) mass is 521 g/mol. The van der Waals surface area contributed by atoms with Gasteiger partial charge in [-0.1, -0.05) is 60.4 Å². The fourth-order valence-corrected chi connectivity index (χ4v) is 4.72. The van der Waals surface area contributed by atoms with Crippen LogP contribution in [0, 0.1) is 0 Å². The average molecular weight is 522 g/mol. The number of carbonyl (C=O) groups excluding carboxylic acids is 2. The number of hydrogen-bond donors (Lipinski definition) is 0. The Bertz CT molecular complexity index is 1290. The molecular weight excluding hydrogens is 502 g/mol. The first-order valence-corrected chi connectivity index (χ1v) is 12.3. The number of azo groups is 1. The lowest BCUT2D eigenvalue weighted by Crippen LogP contribution is -2.45. The first-order valence-electron chi connectivity index (χ1n) is 10.5. The summed E-state index contributed by atoms with van der Waals surface area (Å²) in [5, 5.41) is 13.8. The number of rotatable bonds is 7. The van der Waals surface area contributed by atoms with Gasteiger partial charge in [0.2, 0.25) is 0 Å². The topological polar surface area (TPSA) is 77.7 Å². The lowest BCUT2D eigenvalue weighted by atomic mass is 10.1. The number of amides is 1. The zero-order valence-corrected chi connectivity index (χ0v) is 21.0. The largest absolute Gasteiger partial charge is 0.330 e. The zero-order valence-electron chi connectivity index (χ0n) is 18.6. The van der Waals surface area contributed by atoms with Crippen LogP contribution >= 0.6 is 35.6 Å². The van der Waals surface area contributed by atoms with Gasteiger partial charge in [0.25, 0.3) is 5.91 Å². The van der Waals surface area contributed by atoms with Crippen molar-refractivity contribution in [2.75, 3.05) is 22.7 Å². The molecule has 0 aliphatic carbocycles. The van der Waals surface area contributed by atoms with Crippen molar-refractivity contribution in [2.24, 2.45) is 15.3 Å². The van der Waals surface area contributed by atoms with E-state index >= 15 is 0 Å². The summed E-state index contributed by atoms with van der Waals surface area (Å²) in [6.07, 6.45) is 0.518. The van der Waals surface area contributed by atoms with Gasteiger partial charge in [-0.05, 0) is 48.5 Å². The Kier molecular flexibility index (Phi) is 7.70. The predicted octanol–water partition coefficient (Wildman–Crippen LogP) is 6.14. The molecule has 1 aliphatic heterocycles. The second-order valence-electron chi connectivity index (χ2n) is 7.52. The molecule has 1 aliphatic rings. The maximum absolute atomic E-state index is 13.1. The quantitative estimate of drug-likeness (QED) is 0.162. The van der Waals surface area contributed by atoms with Crippen LogP contribution in [0.5, 0.6) is 0 Å². The molecule has 0 spiro atoms. The maximum Gasteiger partial charge on any atom is 0.275 e. The molecule has 0 fully saturated rings. The normalized spacial score (nSPS) is 17.5. The second kappa shape index (κ2) is 10.9. The van der Waals surface area contributed by atoms with Gasteiger partial charge in [-0.3, -0.25) is 9.59 Å². The minimum Gasteiger partial charge on any atom is -0.330 e.